The van der Waals surface area contributed by atoms with E-state index in [9.17, 15) is 17.6 Å². The Morgan fingerprint density at radius 1 is 0.659 bits per heavy atom. The number of allylic oxidation sites excluding steroid dienone is 8. The number of nitrogens with one attached hydrogen (secondary N) is 2. The molecule has 0 saturated heterocycles. The largest absolute Gasteiger partial charge is 4.00 e. The SMILES string of the molecule is CCC(C)(C)CNc1ccc(F)[c-]c1F.CCC(C)(C)CNc1ccc(F)[c-]c1F.[C-]1=CC=CC1.[C-]1=CC=CC1.[Ti+4]. The van der Waals surface area contributed by atoms with Crippen LogP contribution in [0, 0.1) is 58.4 Å². The van der Waals surface area contributed by atoms with Crippen molar-refractivity contribution < 1.29 is 39.3 Å². The predicted molar refractivity (Wildman–Crippen MR) is 159 cm³/mol. The van der Waals surface area contributed by atoms with E-state index in [0.29, 0.717) is 24.5 Å². The van der Waals surface area contributed by atoms with Crippen LogP contribution in [0.5, 0.6) is 0 Å². The Kier molecular flexibility index (Phi) is 19.1. The van der Waals surface area contributed by atoms with Crippen LogP contribution in [-0.4, -0.2) is 13.1 Å². The van der Waals surface area contributed by atoms with Gasteiger partial charge in [0.15, 0.2) is 0 Å². The van der Waals surface area contributed by atoms with Crippen LogP contribution < -0.4 is 10.6 Å². The molecule has 2 nitrogen and oxygen atoms in total. The molecular weight excluding hydrogens is 560 g/mol. The summed E-state index contributed by atoms with van der Waals surface area (Å²) in [5.41, 5.74) is 0.803. The minimum atomic E-state index is -0.673. The first-order chi connectivity index (χ1) is 18.9. The van der Waals surface area contributed by atoms with Gasteiger partial charge in [-0.15, -0.1) is 49.2 Å². The van der Waals surface area contributed by atoms with Crippen molar-refractivity contribution in [3.63, 3.8) is 0 Å². The summed E-state index contributed by atoms with van der Waals surface area (Å²) in [6.45, 7) is 13.8. The average molecular weight is 603 g/mol. The van der Waals surface area contributed by atoms with Gasteiger partial charge in [0.1, 0.15) is 0 Å². The van der Waals surface area contributed by atoms with Crippen molar-refractivity contribution in [3.05, 3.63) is 108 Å². The van der Waals surface area contributed by atoms with Crippen LogP contribution in [-0.2, 0) is 21.7 Å². The first kappa shape index (κ1) is 38.4. The molecule has 7 heteroatoms. The molecule has 0 spiro atoms. The van der Waals surface area contributed by atoms with Crippen LogP contribution in [0.2, 0.25) is 0 Å². The Morgan fingerprint density at radius 3 is 1.24 bits per heavy atom. The molecule has 0 heterocycles. The fraction of sp³-hybridized carbons (Fsp3) is 0.412. The molecule has 220 valence electrons. The van der Waals surface area contributed by atoms with Crippen molar-refractivity contribution in [2.75, 3.05) is 23.7 Å². The molecule has 0 unspecified atom stereocenters. The van der Waals surface area contributed by atoms with Crippen molar-refractivity contribution in [1.29, 1.82) is 0 Å². The fourth-order valence-corrected chi connectivity index (χ4v) is 2.76. The van der Waals surface area contributed by atoms with E-state index in [4.69, 9.17) is 0 Å². The minimum Gasteiger partial charge on any atom is -0.434 e. The second-order valence-electron chi connectivity index (χ2n) is 10.8. The summed E-state index contributed by atoms with van der Waals surface area (Å²) >= 11 is 0. The molecule has 0 saturated carbocycles. The molecule has 2 aliphatic rings. The number of hydrogen-bond acceptors (Lipinski definition) is 2. The normalized spacial score (nSPS) is 12.7. The molecule has 0 atom stereocenters. The summed E-state index contributed by atoms with van der Waals surface area (Å²) in [5, 5.41) is 5.92. The van der Waals surface area contributed by atoms with Crippen LogP contribution in [0.15, 0.2) is 60.7 Å². The van der Waals surface area contributed by atoms with E-state index in [1.165, 1.54) is 24.3 Å². The summed E-state index contributed by atoms with van der Waals surface area (Å²) in [7, 11) is 0. The van der Waals surface area contributed by atoms with Crippen molar-refractivity contribution >= 4 is 11.4 Å². The van der Waals surface area contributed by atoms with Crippen molar-refractivity contribution in [3.8, 4) is 0 Å². The third-order valence-electron chi connectivity index (χ3n) is 6.32. The Balaban J connectivity index is 0.000000573. The van der Waals surface area contributed by atoms with E-state index in [0.717, 1.165) is 25.7 Å². The van der Waals surface area contributed by atoms with Gasteiger partial charge in [-0.1, -0.05) is 41.5 Å². The molecule has 2 aliphatic carbocycles. The smallest absolute Gasteiger partial charge is 0.434 e. The first-order valence-electron chi connectivity index (χ1n) is 13.5. The van der Waals surface area contributed by atoms with Gasteiger partial charge in [-0.2, -0.15) is 12.2 Å². The number of anilines is 2. The van der Waals surface area contributed by atoms with Crippen LogP contribution >= 0.6 is 0 Å². The predicted octanol–water partition coefficient (Wildman–Crippen LogP) is 9.84. The molecule has 0 radical (unpaired) electrons. The second kappa shape index (κ2) is 20.3. The number of rotatable bonds is 8. The zero-order valence-electron chi connectivity index (χ0n) is 25.0. The maximum Gasteiger partial charge on any atom is 4.00 e. The van der Waals surface area contributed by atoms with E-state index in [1.807, 2.05) is 36.4 Å². The quantitative estimate of drug-likeness (QED) is 0.179. The summed E-state index contributed by atoms with van der Waals surface area (Å²) in [6.07, 6.45) is 22.0. The van der Waals surface area contributed by atoms with Gasteiger partial charge in [0.2, 0.25) is 0 Å². The Morgan fingerprint density at radius 2 is 1.02 bits per heavy atom. The zero-order chi connectivity index (χ0) is 30.0. The second-order valence-corrected chi connectivity index (χ2v) is 10.8. The summed E-state index contributed by atoms with van der Waals surface area (Å²) < 4.78 is 51.5. The molecule has 0 fully saturated rings. The summed E-state index contributed by atoms with van der Waals surface area (Å²) in [4.78, 5) is 0. The van der Waals surface area contributed by atoms with Gasteiger partial charge in [-0.25, -0.2) is 41.9 Å². The van der Waals surface area contributed by atoms with Crippen molar-refractivity contribution in [2.45, 2.75) is 67.2 Å². The molecule has 41 heavy (non-hydrogen) atoms. The van der Waals surface area contributed by atoms with Crippen molar-refractivity contribution in [2.24, 2.45) is 10.8 Å². The van der Waals surface area contributed by atoms with E-state index < -0.39 is 23.3 Å². The van der Waals surface area contributed by atoms with Gasteiger partial charge in [0, 0.05) is 36.4 Å². The standard InChI is InChI=1S/2C12H16F2N.2C5H5.Ti/c2*1-4-12(2,3)8-15-11-6-5-9(13)7-10(11)14;2*1-2-4-5-3-1;/h2*5-6,15H,4,8H2,1-3H3;2*1-3H,4H2;/q4*-1;+4. The molecule has 0 aliphatic heterocycles. The fourth-order valence-electron chi connectivity index (χ4n) is 2.76. The monoisotopic (exact) mass is 602 g/mol. The molecular formula is C34H42F4N2Ti. The molecule has 2 aromatic rings. The molecule has 0 aromatic heterocycles. The van der Waals surface area contributed by atoms with E-state index in [1.54, 1.807) is 0 Å². The Bertz CT molecular complexity index is 1030. The van der Waals surface area contributed by atoms with E-state index in [2.05, 4.69) is 76.5 Å². The first-order valence-corrected chi connectivity index (χ1v) is 13.5. The number of benzene rings is 2. The van der Waals surface area contributed by atoms with Crippen LogP contribution in [0.4, 0.5) is 28.9 Å². The maximum atomic E-state index is 13.2. The Hall–Kier alpha value is -2.57. The van der Waals surface area contributed by atoms with Crippen LogP contribution in [0.1, 0.15) is 67.2 Å². The van der Waals surface area contributed by atoms with Gasteiger partial charge in [-0.3, -0.25) is 12.2 Å². The summed E-state index contributed by atoms with van der Waals surface area (Å²) in [6, 6.07) is 9.18. The molecule has 2 aromatic carbocycles. The van der Waals surface area contributed by atoms with Gasteiger partial charge >= 0.3 is 21.7 Å². The zero-order valence-corrected chi connectivity index (χ0v) is 26.6. The minimum absolute atomic E-state index is 0. The van der Waals surface area contributed by atoms with Crippen LogP contribution in [0.25, 0.3) is 0 Å². The van der Waals surface area contributed by atoms with E-state index >= 15 is 0 Å². The van der Waals surface area contributed by atoms with Crippen molar-refractivity contribution in [1.82, 2.24) is 0 Å². The van der Waals surface area contributed by atoms with Crippen LogP contribution in [0.3, 0.4) is 0 Å². The Labute approximate surface area is 260 Å². The maximum absolute atomic E-state index is 13.2. The molecule has 2 N–H and O–H groups in total. The van der Waals surface area contributed by atoms with E-state index in [-0.39, 0.29) is 32.5 Å². The topological polar surface area (TPSA) is 24.1 Å². The molecule has 0 bridgehead atoms. The molecule has 0 amide bonds. The average Bonchev–Trinajstić information content (AvgIpc) is 3.68. The summed E-state index contributed by atoms with van der Waals surface area (Å²) in [5.74, 6) is -2.68. The third-order valence-corrected chi connectivity index (χ3v) is 6.32. The van der Waals surface area contributed by atoms with Gasteiger partial charge in [-0.05, 0) is 35.0 Å². The number of halogens is 4. The number of hydrogen-bond donors (Lipinski definition) is 2. The van der Waals surface area contributed by atoms with Gasteiger partial charge in [0.05, 0.1) is 0 Å². The van der Waals surface area contributed by atoms with Gasteiger partial charge < -0.3 is 10.6 Å². The van der Waals surface area contributed by atoms with Gasteiger partial charge in [0.25, 0.3) is 0 Å². The third kappa shape index (κ3) is 17.8. The molecule has 4 rings (SSSR count).